The zero-order valence-electron chi connectivity index (χ0n) is 38.9. The smallest absolute Gasteiger partial charge is 0.210 e. The molecule has 0 N–H and O–H groups in total. The highest BCUT2D eigenvalue weighted by molar-refractivity contribution is 9.10. The van der Waals surface area contributed by atoms with E-state index in [4.69, 9.17) is 9.97 Å². The van der Waals surface area contributed by atoms with Crippen LogP contribution in [0.25, 0.3) is 43.7 Å². The molecule has 332 valence electrons. The molecule has 0 bridgehead atoms. The van der Waals surface area contributed by atoms with Crippen molar-refractivity contribution in [3.05, 3.63) is 182 Å². The number of benzene rings is 6. The maximum Gasteiger partial charge on any atom is 0.210 e. The first-order valence-electron chi connectivity index (χ1n) is 23.7. The first kappa shape index (κ1) is 44.7. The van der Waals surface area contributed by atoms with Crippen molar-refractivity contribution in [2.75, 3.05) is 18.0 Å². The van der Waals surface area contributed by atoms with Crippen LogP contribution in [0.5, 0.6) is 0 Å². The third-order valence-electron chi connectivity index (χ3n) is 13.9. The van der Waals surface area contributed by atoms with Crippen LogP contribution in [0, 0.1) is 0 Å². The molecule has 0 fully saturated rings. The van der Waals surface area contributed by atoms with E-state index in [0.29, 0.717) is 0 Å². The molecule has 3 heterocycles. The van der Waals surface area contributed by atoms with Crippen molar-refractivity contribution in [3.8, 4) is 0 Å². The van der Waals surface area contributed by atoms with E-state index in [1.54, 1.807) is 0 Å². The summed E-state index contributed by atoms with van der Waals surface area (Å²) in [5, 5.41) is 5.14. The Kier molecular flexibility index (Phi) is 12.3. The van der Waals surface area contributed by atoms with Crippen molar-refractivity contribution in [1.82, 2.24) is 9.97 Å². The molecule has 7 heteroatoms. The van der Waals surface area contributed by atoms with Crippen LogP contribution in [0.4, 0.5) is 11.4 Å². The molecule has 10 rings (SSSR count). The molecule has 0 atom stereocenters. The maximum absolute atomic E-state index is 5.49. The van der Waals surface area contributed by atoms with Gasteiger partial charge in [-0.3, -0.25) is 0 Å². The Morgan fingerprint density at radius 2 is 1.27 bits per heavy atom. The minimum Gasteiger partial charge on any atom is -0.344 e. The van der Waals surface area contributed by atoms with E-state index >= 15 is 0 Å². The van der Waals surface area contributed by atoms with E-state index in [0.717, 1.165) is 68.4 Å². The SMILES string of the molecule is CCCCCN1/C(=C/C=C2C(Sc3ccccc3)=C(/C=C/C3=[N+](CCCCC)c4ccc5cc(Br)ccc5c4C3(C)C)c3nc4ccccc4nc3/2)C(C)(C)c2c1ccc1cc(Br)ccc21. The second kappa shape index (κ2) is 18.2. The van der Waals surface area contributed by atoms with E-state index in [2.05, 4.69) is 222 Å². The van der Waals surface area contributed by atoms with Crippen LogP contribution < -0.4 is 4.90 Å². The molecule has 0 radical (unpaired) electrons. The van der Waals surface area contributed by atoms with Gasteiger partial charge >= 0.3 is 0 Å². The van der Waals surface area contributed by atoms with Crippen LogP contribution in [-0.2, 0) is 10.8 Å². The zero-order chi connectivity index (χ0) is 45.7. The number of thioether (sulfide) groups is 1. The van der Waals surface area contributed by atoms with E-state index in [-0.39, 0.29) is 10.8 Å². The maximum atomic E-state index is 5.49. The molecule has 1 aromatic heterocycles. The molecule has 7 aromatic rings. The molecule has 66 heavy (non-hydrogen) atoms. The number of hydrogen-bond acceptors (Lipinski definition) is 4. The number of anilines is 1. The van der Waals surface area contributed by atoms with Gasteiger partial charge in [0.25, 0.3) is 0 Å². The van der Waals surface area contributed by atoms with Crippen LogP contribution in [-0.4, -0.2) is 33.3 Å². The number of rotatable bonds is 13. The number of fused-ring (bicyclic) bond motifs is 8. The van der Waals surface area contributed by atoms with Gasteiger partial charge in [-0.15, -0.1) is 0 Å². The standard InChI is InChI=1S/C59H57Br2N4S/c1-7-9-16-34-64-49-30-22-38-36-40(60)24-26-43(38)53(49)58(3,4)51(64)32-28-45-55-56(63-48-21-15-14-20-47(48)62-55)46(57(45)66-42-18-12-11-13-19-42)29-33-52-59(5,6)54-44-27-25-41(61)37-39(44)23-31-50(54)65(52)35-17-10-8-2/h11-15,18-33,36-37H,7-10,16-17,34-35H2,1-6H3/q+1. The Bertz CT molecular complexity index is 3230. The summed E-state index contributed by atoms with van der Waals surface area (Å²) in [6.45, 7) is 16.1. The van der Waals surface area contributed by atoms with Crippen molar-refractivity contribution in [1.29, 1.82) is 0 Å². The molecule has 4 nitrogen and oxygen atoms in total. The summed E-state index contributed by atoms with van der Waals surface area (Å²) in [5.74, 6) is 0. The molecule has 0 unspecified atom stereocenters. The molecular formula is C59H57Br2N4S+. The van der Waals surface area contributed by atoms with Crippen molar-refractivity contribution in [2.24, 2.45) is 0 Å². The number of nitrogens with zero attached hydrogens (tertiary/aromatic N) is 4. The molecule has 1 aliphatic carbocycles. The lowest BCUT2D eigenvalue weighted by Crippen LogP contribution is -2.28. The topological polar surface area (TPSA) is 32.0 Å². The Hall–Kier alpha value is -5.08. The van der Waals surface area contributed by atoms with Gasteiger partial charge in [0.15, 0.2) is 5.71 Å². The van der Waals surface area contributed by atoms with E-state index in [1.807, 2.05) is 11.8 Å². The first-order chi connectivity index (χ1) is 32.0. The van der Waals surface area contributed by atoms with Crippen LogP contribution in [0.1, 0.15) is 103 Å². The Balaban J connectivity index is 1.18. The monoisotopic (exact) mass is 1010 g/mol. The largest absolute Gasteiger partial charge is 0.344 e. The van der Waals surface area contributed by atoms with E-state index < -0.39 is 0 Å². The lowest BCUT2D eigenvalue weighted by molar-refractivity contribution is -0.438. The van der Waals surface area contributed by atoms with Gasteiger partial charge in [-0.25, -0.2) is 9.97 Å². The fourth-order valence-corrected chi connectivity index (χ4v) is 12.6. The van der Waals surface area contributed by atoms with Crippen molar-refractivity contribution < 1.29 is 4.58 Å². The van der Waals surface area contributed by atoms with Crippen molar-refractivity contribution in [3.63, 3.8) is 0 Å². The molecule has 0 amide bonds. The van der Waals surface area contributed by atoms with Gasteiger partial charge in [0, 0.05) is 77.4 Å². The van der Waals surface area contributed by atoms with Gasteiger partial charge in [0.1, 0.15) is 6.54 Å². The third kappa shape index (κ3) is 7.93. The average molecular weight is 1010 g/mol. The first-order valence-corrected chi connectivity index (χ1v) is 26.1. The van der Waals surface area contributed by atoms with Gasteiger partial charge in [-0.05, 0) is 133 Å². The average Bonchev–Trinajstić information content (AvgIpc) is 3.80. The second-order valence-corrected chi connectivity index (χ2v) is 22.0. The molecule has 6 aromatic carbocycles. The number of hydrogen-bond donors (Lipinski definition) is 0. The summed E-state index contributed by atoms with van der Waals surface area (Å²) < 4.78 is 4.81. The minimum absolute atomic E-state index is 0.247. The lowest BCUT2D eigenvalue weighted by atomic mass is 9.79. The number of unbranched alkanes of at least 4 members (excludes halogenated alkanes) is 4. The molecule has 0 saturated heterocycles. The molecule has 0 saturated carbocycles. The minimum atomic E-state index is -0.247. The molecule has 0 spiro atoms. The highest BCUT2D eigenvalue weighted by Crippen LogP contribution is 2.53. The zero-order valence-corrected chi connectivity index (χ0v) is 42.9. The van der Waals surface area contributed by atoms with Crippen LogP contribution in [0.3, 0.4) is 0 Å². The lowest BCUT2D eigenvalue weighted by Gasteiger charge is -2.27. The Morgan fingerprint density at radius 1 is 0.636 bits per heavy atom. The van der Waals surface area contributed by atoms with Crippen LogP contribution in [0.2, 0.25) is 0 Å². The summed E-state index contributed by atoms with van der Waals surface area (Å²) in [6.07, 6.45) is 16.6. The normalized spacial score (nSPS) is 17.4. The summed E-state index contributed by atoms with van der Waals surface area (Å²) in [6, 6.07) is 41.9. The predicted molar refractivity (Wildman–Crippen MR) is 289 cm³/mol. The van der Waals surface area contributed by atoms with E-state index in [1.165, 1.54) is 90.9 Å². The number of aromatic nitrogens is 2. The third-order valence-corrected chi connectivity index (χ3v) is 16.1. The summed E-state index contributed by atoms with van der Waals surface area (Å²) in [7, 11) is 0. The molecule has 3 aliphatic rings. The van der Waals surface area contributed by atoms with Crippen LogP contribution >= 0.6 is 43.6 Å². The summed E-state index contributed by atoms with van der Waals surface area (Å²) in [4.78, 5) is 15.9. The molecule has 2 aliphatic heterocycles. The quantitative estimate of drug-likeness (QED) is 0.0851. The van der Waals surface area contributed by atoms with Crippen molar-refractivity contribution >= 4 is 104 Å². The van der Waals surface area contributed by atoms with Gasteiger partial charge in [-0.1, -0.05) is 139 Å². The number of allylic oxidation sites excluding steroid dienone is 7. The number of halogens is 2. The van der Waals surface area contributed by atoms with Crippen molar-refractivity contribution in [2.45, 2.75) is 95.8 Å². The number of para-hydroxylation sites is 2. The second-order valence-electron chi connectivity index (χ2n) is 19.0. The fourth-order valence-electron chi connectivity index (χ4n) is 10.7. The molecular weight excluding hydrogens is 957 g/mol. The Morgan fingerprint density at radius 3 is 1.97 bits per heavy atom. The summed E-state index contributed by atoms with van der Waals surface area (Å²) >= 11 is 9.31. The van der Waals surface area contributed by atoms with Gasteiger partial charge in [-0.2, -0.15) is 4.58 Å². The highest BCUT2D eigenvalue weighted by Gasteiger charge is 2.46. The highest BCUT2D eigenvalue weighted by atomic mass is 79.9. The van der Waals surface area contributed by atoms with Crippen LogP contribution in [0.15, 0.2) is 164 Å². The van der Waals surface area contributed by atoms with E-state index in [9.17, 15) is 0 Å². The van der Waals surface area contributed by atoms with Gasteiger partial charge in [0.05, 0.1) is 27.8 Å². The Labute approximate surface area is 411 Å². The summed E-state index contributed by atoms with van der Waals surface area (Å²) in [5.41, 5.74) is 13.4. The fraction of sp³-hybridized carbons (Fsp3) is 0.271. The van der Waals surface area contributed by atoms with Gasteiger partial charge in [0.2, 0.25) is 5.69 Å². The predicted octanol–water partition coefficient (Wildman–Crippen LogP) is 17.1. The van der Waals surface area contributed by atoms with Gasteiger partial charge < -0.3 is 4.90 Å².